The Kier molecular flexibility index (Phi) is 2.45. The molecule has 0 radical (unpaired) electrons. The predicted octanol–water partition coefficient (Wildman–Crippen LogP) is 1.66. The minimum absolute atomic E-state index is 0.0896. The molecule has 0 aliphatic carbocycles. The number of carboxylic acids is 1. The van der Waals surface area contributed by atoms with Gasteiger partial charge >= 0.3 is 5.97 Å². The highest BCUT2D eigenvalue weighted by Crippen LogP contribution is 2.46. The minimum Gasteiger partial charge on any atom is -0.508 e. The van der Waals surface area contributed by atoms with E-state index in [0.717, 1.165) is 37.2 Å². The summed E-state index contributed by atoms with van der Waals surface area (Å²) in [5, 5.41) is 23.3. The van der Waals surface area contributed by atoms with Gasteiger partial charge in [-0.2, -0.15) is 0 Å². The van der Waals surface area contributed by atoms with Gasteiger partial charge in [-0.1, -0.05) is 0 Å². The molecule has 2 N–H and O–H groups in total. The number of aromatic hydroxyl groups is 1. The summed E-state index contributed by atoms with van der Waals surface area (Å²) in [4.78, 5) is 11.5. The van der Waals surface area contributed by atoms with Gasteiger partial charge in [-0.15, -0.1) is 0 Å². The van der Waals surface area contributed by atoms with Gasteiger partial charge in [0.15, 0.2) is 6.04 Å². The standard InChI is InChI=1S/C13H16N2O3/c1-8-6-9-11(10(16)7-8)12(13(17)18)15-5-3-2-4-14(9)15/h6-7,12,16H,2-5H2,1H3,(H,17,18). The quantitative estimate of drug-likeness (QED) is 0.791. The zero-order valence-electron chi connectivity index (χ0n) is 10.3. The van der Waals surface area contributed by atoms with Gasteiger partial charge in [0, 0.05) is 18.7 Å². The fourth-order valence-electron chi connectivity index (χ4n) is 2.97. The molecule has 96 valence electrons. The molecular weight excluding hydrogens is 232 g/mol. The van der Waals surface area contributed by atoms with Crippen molar-refractivity contribution in [3.05, 3.63) is 23.3 Å². The van der Waals surface area contributed by atoms with E-state index in [-0.39, 0.29) is 5.75 Å². The molecule has 0 bridgehead atoms. The van der Waals surface area contributed by atoms with Crippen LogP contribution < -0.4 is 5.01 Å². The first-order chi connectivity index (χ1) is 8.59. The zero-order valence-corrected chi connectivity index (χ0v) is 10.3. The van der Waals surface area contributed by atoms with E-state index in [4.69, 9.17) is 0 Å². The van der Waals surface area contributed by atoms with Crippen molar-refractivity contribution in [2.24, 2.45) is 0 Å². The molecule has 5 heteroatoms. The number of nitrogens with zero attached hydrogens (tertiary/aromatic N) is 2. The van der Waals surface area contributed by atoms with E-state index in [1.165, 1.54) is 0 Å². The van der Waals surface area contributed by atoms with E-state index in [2.05, 4.69) is 0 Å². The van der Waals surface area contributed by atoms with Crippen LogP contribution in [0.5, 0.6) is 5.75 Å². The highest BCUT2D eigenvalue weighted by molar-refractivity contribution is 5.83. The van der Waals surface area contributed by atoms with Crippen LogP contribution >= 0.6 is 0 Å². The summed E-state index contributed by atoms with van der Waals surface area (Å²) >= 11 is 0. The molecule has 0 aromatic heterocycles. The van der Waals surface area contributed by atoms with Crippen molar-refractivity contribution in [1.29, 1.82) is 0 Å². The second kappa shape index (κ2) is 3.88. The Morgan fingerprint density at radius 1 is 1.33 bits per heavy atom. The van der Waals surface area contributed by atoms with Crippen molar-refractivity contribution in [1.82, 2.24) is 5.01 Å². The van der Waals surface area contributed by atoms with Crippen LogP contribution in [0.25, 0.3) is 0 Å². The maximum Gasteiger partial charge on any atom is 0.327 e. The summed E-state index contributed by atoms with van der Waals surface area (Å²) in [7, 11) is 0. The van der Waals surface area contributed by atoms with E-state index < -0.39 is 12.0 Å². The van der Waals surface area contributed by atoms with E-state index in [9.17, 15) is 15.0 Å². The van der Waals surface area contributed by atoms with Crippen molar-refractivity contribution in [3.63, 3.8) is 0 Å². The number of aryl methyl sites for hydroxylation is 1. The SMILES string of the molecule is Cc1cc(O)c2c(c1)N1CCCCN1C2C(=O)O. The number of hydrazine groups is 1. The minimum atomic E-state index is -0.903. The van der Waals surface area contributed by atoms with Crippen LogP contribution in [-0.4, -0.2) is 34.3 Å². The number of carboxylic acid groups (broad SMARTS) is 1. The molecule has 1 fully saturated rings. The molecule has 1 unspecified atom stereocenters. The molecule has 0 saturated carbocycles. The van der Waals surface area contributed by atoms with Crippen LogP contribution in [0.2, 0.25) is 0 Å². The van der Waals surface area contributed by atoms with Crippen LogP contribution in [0.3, 0.4) is 0 Å². The zero-order chi connectivity index (χ0) is 12.9. The first-order valence-electron chi connectivity index (χ1n) is 6.20. The number of hydrogen-bond donors (Lipinski definition) is 2. The maximum atomic E-state index is 11.5. The number of phenolic OH excluding ortho intramolecular Hbond substituents is 1. The number of rotatable bonds is 1. The lowest BCUT2D eigenvalue weighted by Gasteiger charge is -2.36. The smallest absolute Gasteiger partial charge is 0.327 e. The van der Waals surface area contributed by atoms with E-state index in [1.807, 2.05) is 23.0 Å². The summed E-state index contributed by atoms with van der Waals surface area (Å²) in [6.07, 6.45) is 2.05. The molecule has 3 rings (SSSR count). The van der Waals surface area contributed by atoms with E-state index in [0.29, 0.717) is 5.56 Å². The van der Waals surface area contributed by atoms with E-state index >= 15 is 0 Å². The first-order valence-corrected chi connectivity index (χ1v) is 6.20. The van der Waals surface area contributed by atoms with Crippen LogP contribution in [0.1, 0.15) is 30.0 Å². The molecular formula is C13H16N2O3. The summed E-state index contributed by atoms with van der Waals surface area (Å²) in [6.45, 7) is 3.45. The number of phenols is 1. The van der Waals surface area contributed by atoms with Gasteiger partial charge in [0.2, 0.25) is 0 Å². The van der Waals surface area contributed by atoms with Crippen molar-refractivity contribution < 1.29 is 15.0 Å². The molecule has 1 aromatic carbocycles. The van der Waals surface area contributed by atoms with E-state index in [1.54, 1.807) is 6.07 Å². The normalized spacial score (nSPS) is 22.7. The Hall–Kier alpha value is -1.75. The molecule has 2 heterocycles. The molecule has 1 saturated heterocycles. The first kappa shape index (κ1) is 11.3. The number of fused-ring (bicyclic) bond motifs is 3. The highest BCUT2D eigenvalue weighted by Gasteiger charge is 2.43. The molecule has 5 nitrogen and oxygen atoms in total. The Morgan fingerprint density at radius 2 is 2.06 bits per heavy atom. The number of benzene rings is 1. The van der Waals surface area contributed by atoms with Crippen LogP contribution in [0.15, 0.2) is 12.1 Å². The summed E-state index contributed by atoms with van der Waals surface area (Å²) < 4.78 is 0. The summed E-state index contributed by atoms with van der Waals surface area (Å²) in [5.74, 6) is -0.813. The molecule has 2 aliphatic heterocycles. The maximum absolute atomic E-state index is 11.5. The predicted molar refractivity (Wildman–Crippen MR) is 66.5 cm³/mol. The van der Waals surface area contributed by atoms with Gasteiger partial charge in [0.05, 0.1) is 5.69 Å². The number of aliphatic carboxylic acids is 1. The van der Waals surface area contributed by atoms with Gasteiger partial charge in [-0.3, -0.25) is 4.79 Å². The fraction of sp³-hybridized carbons (Fsp3) is 0.462. The third kappa shape index (κ3) is 1.47. The Balaban J connectivity index is 2.18. The Morgan fingerprint density at radius 3 is 2.78 bits per heavy atom. The van der Waals surface area contributed by atoms with Crippen molar-refractivity contribution >= 4 is 11.7 Å². The number of anilines is 1. The topological polar surface area (TPSA) is 64.0 Å². The van der Waals surface area contributed by atoms with Gasteiger partial charge < -0.3 is 15.2 Å². The van der Waals surface area contributed by atoms with Crippen molar-refractivity contribution in [2.75, 3.05) is 18.1 Å². The Labute approximate surface area is 105 Å². The van der Waals surface area contributed by atoms with Crippen molar-refractivity contribution in [2.45, 2.75) is 25.8 Å². The lowest BCUT2D eigenvalue weighted by Crippen LogP contribution is -2.46. The summed E-state index contributed by atoms with van der Waals surface area (Å²) in [5.41, 5.74) is 2.33. The highest BCUT2D eigenvalue weighted by atomic mass is 16.4. The van der Waals surface area contributed by atoms with Crippen LogP contribution in [0.4, 0.5) is 5.69 Å². The monoisotopic (exact) mass is 248 g/mol. The van der Waals surface area contributed by atoms with Crippen LogP contribution in [-0.2, 0) is 4.79 Å². The van der Waals surface area contributed by atoms with Gasteiger partial charge in [0.1, 0.15) is 5.75 Å². The van der Waals surface area contributed by atoms with Gasteiger partial charge in [-0.25, -0.2) is 5.01 Å². The average molecular weight is 248 g/mol. The third-order valence-corrected chi connectivity index (χ3v) is 3.68. The number of hydrogen-bond acceptors (Lipinski definition) is 4. The molecule has 1 atom stereocenters. The fourth-order valence-corrected chi connectivity index (χ4v) is 2.97. The lowest BCUT2D eigenvalue weighted by molar-refractivity contribution is -0.143. The van der Waals surface area contributed by atoms with Crippen LogP contribution in [0, 0.1) is 6.92 Å². The Bertz CT molecular complexity index is 515. The number of carbonyl (C=O) groups is 1. The van der Waals surface area contributed by atoms with Crippen molar-refractivity contribution in [3.8, 4) is 5.75 Å². The summed E-state index contributed by atoms with van der Waals surface area (Å²) in [6, 6.07) is 2.84. The second-order valence-corrected chi connectivity index (χ2v) is 4.95. The van der Waals surface area contributed by atoms with Gasteiger partial charge in [0.25, 0.3) is 0 Å². The molecule has 1 aromatic rings. The molecule has 0 spiro atoms. The molecule has 2 aliphatic rings. The molecule has 18 heavy (non-hydrogen) atoms. The molecule has 0 amide bonds. The lowest BCUT2D eigenvalue weighted by atomic mass is 10.0. The second-order valence-electron chi connectivity index (χ2n) is 4.95. The average Bonchev–Trinajstić information content (AvgIpc) is 2.64. The third-order valence-electron chi connectivity index (χ3n) is 3.68. The van der Waals surface area contributed by atoms with Gasteiger partial charge in [-0.05, 0) is 37.5 Å². The largest absolute Gasteiger partial charge is 0.508 e.